The third kappa shape index (κ3) is 8.37. The summed E-state index contributed by atoms with van der Waals surface area (Å²) >= 11 is 0. The fraction of sp³-hybridized carbons (Fsp3) is 0.500. The predicted molar refractivity (Wildman–Crippen MR) is 111 cm³/mol. The molecule has 0 unspecified atom stereocenters. The molecule has 0 aromatic heterocycles. The number of rotatable bonds is 10. The number of carbonyl (C=O) groups excluding carboxylic acids is 5. The van der Waals surface area contributed by atoms with Gasteiger partial charge in [-0.2, -0.15) is 0 Å². The molecule has 1 rings (SSSR count). The van der Waals surface area contributed by atoms with Crippen LogP contribution in [0.2, 0.25) is 0 Å². The van der Waals surface area contributed by atoms with Crippen molar-refractivity contribution in [2.45, 2.75) is 45.8 Å². The predicted octanol–water partition coefficient (Wildman–Crippen LogP) is 1.94. The van der Waals surface area contributed by atoms with Crippen LogP contribution in [0.15, 0.2) is 30.3 Å². The van der Waals surface area contributed by atoms with Crippen molar-refractivity contribution in [1.29, 1.82) is 0 Å². The van der Waals surface area contributed by atoms with Crippen molar-refractivity contribution in [3.8, 4) is 0 Å². The first kappa shape index (κ1) is 26.6. The van der Waals surface area contributed by atoms with Crippen LogP contribution in [-0.2, 0) is 44.7 Å². The Hall–Kier alpha value is -3.43. The molecule has 0 bridgehead atoms. The van der Waals surface area contributed by atoms with Crippen LogP contribution >= 0.6 is 0 Å². The number of ketones is 1. The van der Waals surface area contributed by atoms with Gasteiger partial charge in [-0.1, -0.05) is 30.3 Å². The number of amides is 1. The van der Waals surface area contributed by atoms with Gasteiger partial charge in [0, 0.05) is 0 Å². The minimum Gasteiger partial charge on any atom is -0.469 e. The van der Waals surface area contributed by atoms with E-state index in [1.807, 2.05) is 0 Å². The number of esters is 3. The SMILES string of the molecule is COC(=O)CC(CC(=O)OC)(C(=O)CNC(=O)OC(C)(C)C)C(=O)OCc1ccccc1. The molecular formula is C22H29NO9. The second kappa shape index (κ2) is 11.8. The number of hydrogen-bond acceptors (Lipinski definition) is 9. The largest absolute Gasteiger partial charge is 0.469 e. The molecule has 0 aliphatic rings. The Bertz CT molecular complexity index is 810. The number of Topliss-reactive ketones (excluding diaryl/α,β-unsaturated/α-hetero) is 1. The first-order chi connectivity index (χ1) is 14.9. The summed E-state index contributed by atoms with van der Waals surface area (Å²) in [6.45, 7) is 4.01. The normalized spacial score (nSPS) is 11.2. The van der Waals surface area contributed by atoms with Gasteiger partial charge in [0.25, 0.3) is 0 Å². The Labute approximate surface area is 186 Å². The van der Waals surface area contributed by atoms with E-state index >= 15 is 0 Å². The van der Waals surface area contributed by atoms with Gasteiger partial charge < -0.3 is 24.3 Å². The third-order valence-electron chi connectivity index (χ3n) is 4.28. The van der Waals surface area contributed by atoms with E-state index in [1.54, 1.807) is 51.1 Å². The molecule has 0 saturated carbocycles. The van der Waals surface area contributed by atoms with Crippen LogP contribution in [0.5, 0.6) is 0 Å². The van der Waals surface area contributed by atoms with Crippen LogP contribution < -0.4 is 5.32 Å². The van der Waals surface area contributed by atoms with Crippen molar-refractivity contribution < 1.29 is 42.9 Å². The molecule has 0 aliphatic heterocycles. The zero-order valence-corrected chi connectivity index (χ0v) is 18.9. The van der Waals surface area contributed by atoms with Gasteiger partial charge in [-0.05, 0) is 26.3 Å². The summed E-state index contributed by atoms with van der Waals surface area (Å²) in [5.74, 6) is -3.89. The molecule has 0 atom stereocenters. The molecule has 1 aromatic carbocycles. The van der Waals surface area contributed by atoms with Crippen LogP contribution in [0.3, 0.4) is 0 Å². The maximum atomic E-state index is 13.1. The second-order valence-electron chi connectivity index (χ2n) is 7.93. The first-order valence-electron chi connectivity index (χ1n) is 9.78. The molecule has 32 heavy (non-hydrogen) atoms. The lowest BCUT2D eigenvalue weighted by Crippen LogP contribution is -2.49. The van der Waals surface area contributed by atoms with Gasteiger partial charge in [-0.3, -0.25) is 19.2 Å². The van der Waals surface area contributed by atoms with E-state index in [0.29, 0.717) is 5.56 Å². The van der Waals surface area contributed by atoms with Crippen LogP contribution in [0.4, 0.5) is 4.79 Å². The molecule has 0 saturated heterocycles. The standard InChI is InChI=1S/C22H29NO9/c1-21(2,3)32-20(28)23-13-16(24)22(11-17(25)29-4,12-18(26)30-5)19(27)31-14-15-9-7-6-8-10-15/h6-10H,11-14H2,1-5H3,(H,23,28). The number of hydrogen-bond donors (Lipinski definition) is 1. The van der Waals surface area contributed by atoms with Crippen molar-refractivity contribution in [2.24, 2.45) is 5.41 Å². The highest BCUT2D eigenvalue weighted by atomic mass is 16.6. The number of nitrogens with one attached hydrogen (secondary N) is 1. The Morgan fingerprint density at radius 3 is 1.88 bits per heavy atom. The van der Waals surface area contributed by atoms with Crippen LogP contribution in [0.25, 0.3) is 0 Å². The van der Waals surface area contributed by atoms with E-state index in [2.05, 4.69) is 14.8 Å². The maximum Gasteiger partial charge on any atom is 0.408 e. The van der Waals surface area contributed by atoms with Gasteiger partial charge in [0.15, 0.2) is 5.78 Å². The Balaban J connectivity index is 3.17. The Morgan fingerprint density at radius 2 is 1.41 bits per heavy atom. The minimum atomic E-state index is -2.26. The quantitative estimate of drug-likeness (QED) is 0.322. The number of methoxy groups -OCH3 is 2. The Kier molecular flexibility index (Phi) is 9.83. The van der Waals surface area contributed by atoms with E-state index in [0.717, 1.165) is 14.2 Å². The van der Waals surface area contributed by atoms with Crippen LogP contribution in [0.1, 0.15) is 39.2 Å². The van der Waals surface area contributed by atoms with Gasteiger partial charge in [-0.25, -0.2) is 4.79 Å². The van der Waals surface area contributed by atoms with Crippen molar-refractivity contribution in [1.82, 2.24) is 5.32 Å². The highest BCUT2D eigenvalue weighted by Gasteiger charge is 2.51. The van der Waals surface area contributed by atoms with E-state index in [1.165, 1.54) is 0 Å². The van der Waals surface area contributed by atoms with E-state index in [4.69, 9.17) is 9.47 Å². The van der Waals surface area contributed by atoms with Crippen LogP contribution in [0, 0.1) is 5.41 Å². The maximum absolute atomic E-state index is 13.1. The number of alkyl carbamates (subject to hydrolysis) is 1. The molecule has 10 nitrogen and oxygen atoms in total. The van der Waals surface area contributed by atoms with Crippen molar-refractivity contribution in [3.63, 3.8) is 0 Å². The molecule has 0 radical (unpaired) electrons. The summed E-state index contributed by atoms with van der Waals surface area (Å²) in [4.78, 5) is 62.2. The average Bonchev–Trinajstić information content (AvgIpc) is 2.74. The minimum absolute atomic E-state index is 0.198. The second-order valence-corrected chi connectivity index (χ2v) is 7.93. The van der Waals surface area contributed by atoms with Gasteiger partial charge >= 0.3 is 24.0 Å². The number of ether oxygens (including phenoxy) is 4. The fourth-order valence-corrected chi connectivity index (χ4v) is 2.65. The summed E-state index contributed by atoms with van der Waals surface area (Å²) in [5.41, 5.74) is -2.45. The third-order valence-corrected chi connectivity index (χ3v) is 4.28. The Morgan fingerprint density at radius 1 is 0.875 bits per heavy atom. The molecule has 0 spiro atoms. The van der Waals surface area contributed by atoms with E-state index in [9.17, 15) is 24.0 Å². The van der Waals surface area contributed by atoms with Gasteiger partial charge in [0.05, 0.1) is 33.6 Å². The summed E-state index contributed by atoms with van der Waals surface area (Å²) in [7, 11) is 2.15. The zero-order chi connectivity index (χ0) is 24.4. The summed E-state index contributed by atoms with van der Waals surface area (Å²) in [6, 6.07) is 8.63. The average molecular weight is 451 g/mol. The lowest BCUT2D eigenvalue weighted by molar-refractivity contribution is -0.171. The summed E-state index contributed by atoms with van der Waals surface area (Å²) < 4.78 is 19.6. The topological polar surface area (TPSA) is 134 Å². The molecule has 1 amide bonds. The molecule has 0 heterocycles. The fourth-order valence-electron chi connectivity index (χ4n) is 2.65. The lowest BCUT2D eigenvalue weighted by atomic mass is 9.76. The smallest absolute Gasteiger partial charge is 0.408 e. The molecule has 0 fully saturated rings. The van der Waals surface area contributed by atoms with E-state index in [-0.39, 0.29) is 6.61 Å². The molecule has 10 heteroatoms. The number of carbonyl (C=O) groups is 5. The molecular weight excluding hydrogens is 422 g/mol. The summed E-state index contributed by atoms with van der Waals surface area (Å²) in [6.07, 6.45) is -2.46. The van der Waals surface area contributed by atoms with Gasteiger partial charge in [0.2, 0.25) is 0 Å². The molecule has 1 N–H and O–H groups in total. The first-order valence-corrected chi connectivity index (χ1v) is 9.78. The lowest BCUT2D eigenvalue weighted by Gasteiger charge is -2.28. The molecule has 176 valence electrons. The molecule has 1 aromatic rings. The molecule has 0 aliphatic carbocycles. The highest BCUT2D eigenvalue weighted by Crippen LogP contribution is 2.32. The van der Waals surface area contributed by atoms with E-state index < -0.39 is 60.2 Å². The highest BCUT2D eigenvalue weighted by molar-refractivity contribution is 6.09. The van der Waals surface area contributed by atoms with Gasteiger partial charge in [0.1, 0.15) is 17.6 Å². The number of benzene rings is 1. The zero-order valence-electron chi connectivity index (χ0n) is 18.9. The van der Waals surface area contributed by atoms with Crippen LogP contribution in [-0.4, -0.2) is 56.1 Å². The van der Waals surface area contributed by atoms with Crippen molar-refractivity contribution in [2.75, 3.05) is 20.8 Å². The monoisotopic (exact) mass is 451 g/mol. The van der Waals surface area contributed by atoms with Gasteiger partial charge in [-0.15, -0.1) is 0 Å². The van der Waals surface area contributed by atoms with Crippen molar-refractivity contribution >= 4 is 29.8 Å². The summed E-state index contributed by atoms with van der Waals surface area (Å²) in [5, 5.41) is 2.23. The van der Waals surface area contributed by atoms with Crippen molar-refractivity contribution in [3.05, 3.63) is 35.9 Å².